The summed E-state index contributed by atoms with van der Waals surface area (Å²) in [5.74, 6) is 0.765. The molecule has 2 unspecified atom stereocenters. The van der Waals surface area contributed by atoms with Crippen LogP contribution in [0.2, 0.25) is 0 Å². The maximum Gasteiger partial charge on any atom is 0.323 e. The van der Waals surface area contributed by atoms with Crippen molar-refractivity contribution in [2.45, 2.75) is 13.3 Å². The van der Waals surface area contributed by atoms with E-state index in [0.29, 0.717) is 30.6 Å². The second-order valence-corrected chi connectivity index (χ2v) is 4.67. The Morgan fingerprint density at radius 3 is 3.00 bits per heavy atom. The second kappa shape index (κ2) is 4.75. The molecule has 94 valence electrons. The van der Waals surface area contributed by atoms with Gasteiger partial charge in [0.2, 0.25) is 0 Å². The molecule has 2 heterocycles. The molecule has 1 aromatic rings. The Balaban J connectivity index is 2.08. The van der Waals surface area contributed by atoms with E-state index in [0.717, 1.165) is 13.0 Å². The van der Waals surface area contributed by atoms with Gasteiger partial charge in [0, 0.05) is 19.3 Å². The summed E-state index contributed by atoms with van der Waals surface area (Å²) in [6.07, 6.45) is 2.38. The molecule has 0 radical (unpaired) electrons. The molecule has 1 aliphatic rings. The van der Waals surface area contributed by atoms with Crippen molar-refractivity contribution in [2.75, 3.05) is 19.6 Å². The minimum atomic E-state index is -0.353. The van der Waals surface area contributed by atoms with E-state index in [1.165, 1.54) is 6.20 Å². The Bertz CT molecular complexity index is 450. The van der Waals surface area contributed by atoms with E-state index < -0.39 is 0 Å². The van der Waals surface area contributed by atoms with Gasteiger partial charge in [0.1, 0.15) is 5.69 Å². The highest BCUT2D eigenvalue weighted by molar-refractivity contribution is 5.92. The van der Waals surface area contributed by atoms with Gasteiger partial charge >= 0.3 is 5.69 Å². The van der Waals surface area contributed by atoms with Crippen molar-refractivity contribution in [3.05, 3.63) is 22.4 Å². The predicted octanol–water partition coefficient (Wildman–Crippen LogP) is -0.240. The number of rotatable bonds is 2. The summed E-state index contributed by atoms with van der Waals surface area (Å²) in [5.41, 5.74) is 5.66. The van der Waals surface area contributed by atoms with Crippen LogP contribution < -0.4 is 11.4 Å². The van der Waals surface area contributed by atoms with Crippen molar-refractivity contribution >= 4 is 5.91 Å². The molecule has 0 aromatic carbocycles. The van der Waals surface area contributed by atoms with Gasteiger partial charge in [0.15, 0.2) is 0 Å². The van der Waals surface area contributed by atoms with E-state index in [9.17, 15) is 9.59 Å². The molecule has 1 fully saturated rings. The first-order chi connectivity index (χ1) is 8.11. The molecule has 0 aliphatic carbocycles. The number of carbonyl (C=O) groups excluding carboxylic acids is 1. The number of H-pyrrole nitrogens is 2. The first kappa shape index (κ1) is 11.9. The second-order valence-electron chi connectivity index (χ2n) is 4.67. The van der Waals surface area contributed by atoms with Crippen LogP contribution in [0.5, 0.6) is 0 Å². The van der Waals surface area contributed by atoms with Crippen LogP contribution in [0.1, 0.15) is 23.8 Å². The normalized spacial score (nSPS) is 24.9. The summed E-state index contributed by atoms with van der Waals surface area (Å²) in [4.78, 5) is 29.7. The lowest BCUT2D eigenvalue weighted by atomic mass is 9.87. The lowest BCUT2D eigenvalue weighted by Crippen LogP contribution is -2.45. The third-order valence-electron chi connectivity index (χ3n) is 3.53. The zero-order valence-corrected chi connectivity index (χ0v) is 9.90. The minimum absolute atomic E-state index is 0.131. The maximum atomic E-state index is 12.1. The Kier molecular flexibility index (Phi) is 3.33. The molecule has 1 saturated heterocycles. The average Bonchev–Trinajstić information content (AvgIpc) is 2.75. The molecule has 1 aromatic heterocycles. The molecular formula is C11H18N4O2. The van der Waals surface area contributed by atoms with Gasteiger partial charge in [-0.2, -0.15) is 0 Å². The van der Waals surface area contributed by atoms with Crippen LogP contribution in [-0.2, 0) is 0 Å². The topological polar surface area (TPSA) is 95.0 Å². The lowest BCUT2D eigenvalue weighted by molar-refractivity contribution is 0.0613. The molecule has 0 saturated carbocycles. The van der Waals surface area contributed by atoms with Gasteiger partial charge in [-0.15, -0.1) is 0 Å². The van der Waals surface area contributed by atoms with Crippen LogP contribution in [-0.4, -0.2) is 40.4 Å². The molecule has 6 nitrogen and oxygen atoms in total. The predicted molar refractivity (Wildman–Crippen MR) is 63.6 cm³/mol. The Morgan fingerprint density at radius 2 is 2.41 bits per heavy atom. The molecule has 0 spiro atoms. The van der Waals surface area contributed by atoms with E-state index in [1.54, 1.807) is 4.90 Å². The number of aromatic amines is 2. The van der Waals surface area contributed by atoms with E-state index in [-0.39, 0.29) is 11.6 Å². The van der Waals surface area contributed by atoms with Gasteiger partial charge in [-0.05, 0) is 24.8 Å². The SMILES string of the molecule is CC1CCN(C(=O)c2c[nH]c(=O)[nH]2)CC1CN. The smallest absolute Gasteiger partial charge is 0.323 e. The zero-order valence-electron chi connectivity index (χ0n) is 9.90. The monoisotopic (exact) mass is 238 g/mol. The number of likely N-dealkylation sites (tertiary alicyclic amines) is 1. The van der Waals surface area contributed by atoms with E-state index in [1.807, 2.05) is 0 Å². The number of hydrogen-bond acceptors (Lipinski definition) is 3. The number of amides is 1. The van der Waals surface area contributed by atoms with Crippen LogP contribution in [0.25, 0.3) is 0 Å². The quantitative estimate of drug-likeness (QED) is 0.663. The highest BCUT2D eigenvalue weighted by Gasteiger charge is 2.28. The summed E-state index contributed by atoms with van der Waals surface area (Å²) >= 11 is 0. The van der Waals surface area contributed by atoms with Gasteiger partial charge in [-0.1, -0.05) is 6.92 Å². The molecule has 4 N–H and O–H groups in total. The number of imidazole rings is 1. The fourth-order valence-corrected chi connectivity index (χ4v) is 2.26. The number of nitrogens with one attached hydrogen (secondary N) is 2. The van der Waals surface area contributed by atoms with Crippen LogP contribution in [0, 0.1) is 11.8 Å². The Hall–Kier alpha value is -1.56. The minimum Gasteiger partial charge on any atom is -0.337 e. The van der Waals surface area contributed by atoms with Crippen molar-refractivity contribution < 1.29 is 4.79 Å². The average molecular weight is 238 g/mol. The van der Waals surface area contributed by atoms with E-state index in [4.69, 9.17) is 5.73 Å². The number of aromatic nitrogens is 2. The summed E-state index contributed by atoms with van der Waals surface area (Å²) in [5, 5.41) is 0. The zero-order chi connectivity index (χ0) is 12.4. The third kappa shape index (κ3) is 2.41. The number of nitrogens with two attached hydrogens (primary N) is 1. The first-order valence-electron chi connectivity index (χ1n) is 5.89. The number of hydrogen-bond donors (Lipinski definition) is 3. The molecule has 6 heteroatoms. The van der Waals surface area contributed by atoms with Gasteiger partial charge in [-0.3, -0.25) is 4.79 Å². The van der Waals surface area contributed by atoms with Crippen LogP contribution in [0.3, 0.4) is 0 Å². The van der Waals surface area contributed by atoms with Crippen LogP contribution in [0.4, 0.5) is 0 Å². The first-order valence-corrected chi connectivity index (χ1v) is 5.89. The molecular weight excluding hydrogens is 220 g/mol. The van der Waals surface area contributed by atoms with Gasteiger partial charge in [-0.25, -0.2) is 4.79 Å². The van der Waals surface area contributed by atoms with E-state index in [2.05, 4.69) is 16.9 Å². The van der Waals surface area contributed by atoms with E-state index >= 15 is 0 Å². The molecule has 2 rings (SSSR count). The fraction of sp³-hybridized carbons (Fsp3) is 0.636. The number of nitrogens with zero attached hydrogens (tertiary/aromatic N) is 1. The van der Waals surface area contributed by atoms with Crippen molar-refractivity contribution in [1.29, 1.82) is 0 Å². The van der Waals surface area contributed by atoms with Gasteiger partial charge in [0.05, 0.1) is 0 Å². The summed E-state index contributed by atoms with van der Waals surface area (Å²) < 4.78 is 0. The molecule has 0 bridgehead atoms. The Labute approximate surface area is 99.2 Å². The van der Waals surface area contributed by atoms with Crippen molar-refractivity contribution in [3.8, 4) is 0 Å². The fourth-order valence-electron chi connectivity index (χ4n) is 2.26. The van der Waals surface area contributed by atoms with Crippen molar-refractivity contribution in [3.63, 3.8) is 0 Å². The third-order valence-corrected chi connectivity index (χ3v) is 3.53. The summed E-state index contributed by atoms with van der Waals surface area (Å²) in [6, 6.07) is 0. The summed E-state index contributed by atoms with van der Waals surface area (Å²) in [6.45, 7) is 4.15. The Morgan fingerprint density at radius 1 is 1.65 bits per heavy atom. The number of carbonyl (C=O) groups is 1. The van der Waals surface area contributed by atoms with Gasteiger partial charge in [0.25, 0.3) is 5.91 Å². The van der Waals surface area contributed by atoms with Crippen molar-refractivity contribution in [2.24, 2.45) is 17.6 Å². The van der Waals surface area contributed by atoms with Crippen molar-refractivity contribution in [1.82, 2.24) is 14.9 Å². The standard InChI is InChI=1S/C11H18N4O2/c1-7-2-3-15(6-8(7)4-12)10(16)9-5-13-11(17)14-9/h5,7-8H,2-4,6,12H2,1H3,(H2,13,14,17). The molecule has 17 heavy (non-hydrogen) atoms. The van der Waals surface area contributed by atoms with Crippen LogP contribution >= 0.6 is 0 Å². The largest absolute Gasteiger partial charge is 0.337 e. The molecule has 1 amide bonds. The maximum absolute atomic E-state index is 12.1. The lowest BCUT2D eigenvalue weighted by Gasteiger charge is -2.36. The van der Waals surface area contributed by atoms with Crippen LogP contribution in [0.15, 0.2) is 11.0 Å². The number of piperidine rings is 1. The summed E-state index contributed by atoms with van der Waals surface area (Å²) in [7, 11) is 0. The highest BCUT2D eigenvalue weighted by atomic mass is 16.2. The highest BCUT2D eigenvalue weighted by Crippen LogP contribution is 2.22. The van der Waals surface area contributed by atoms with Gasteiger partial charge < -0.3 is 20.6 Å². The molecule has 1 aliphatic heterocycles. The molecule has 2 atom stereocenters.